The number of carbonyl (C=O) groups excluding carboxylic acids is 1. The van der Waals surface area contributed by atoms with Crippen LogP contribution in [0, 0.1) is 0 Å². The van der Waals surface area contributed by atoms with Gasteiger partial charge in [-0.15, -0.1) is 0 Å². The highest BCUT2D eigenvalue weighted by molar-refractivity contribution is 7.89. The number of carbonyl (C=O) groups is 1. The van der Waals surface area contributed by atoms with Gasteiger partial charge in [-0.25, -0.2) is 13.4 Å². The number of imidazole rings is 1. The Balaban J connectivity index is 1.67. The number of hydrogen-bond acceptors (Lipinski definition) is 5. The molecule has 1 amide bonds. The number of aryl methyl sites for hydroxylation is 1. The van der Waals surface area contributed by atoms with Gasteiger partial charge in [0.1, 0.15) is 5.75 Å². The molecule has 146 valence electrons. The summed E-state index contributed by atoms with van der Waals surface area (Å²) in [6.07, 6.45) is 3.78. The highest BCUT2D eigenvalue weighted by Crippen LogP contribution is 2.20. The van der Waals surface area contributed by atoms with Crippen LogP contribution in [-0.4, -0.2) is 66.4 Å². The minimum Gasteiger partial charge on any atom is -0.496 e. The molecular formula is C18H24N4O4S. The molecule has 0 unspecified atom stereocenters. The third-order valence-electron chi connectivity index (χ3n) is 4.63. The van der Waals surface area contributed by atoms with Crippen molar-refractivity contribution in [3.63, 3.8) is 0 Å². The van der Waals surface area contributed by atoms with Crippen LogP contribution in [0.2, 0.25) is 0 Å². The Morgan fingerprint density at radius 2 is 1.96 bits per heavy atom. The van der Waals surface area contributed by atoms with Crippen molar-refractivity contribution >= 4 is 15.9 Å². The van der Waals surface area contributed by atoms with Crippen molar-refractivity contribution in [1.29, 1.82) is 0 Å². The topological polar surface area (TPSA) is 84.7 Å². The van der Waals surface area contributed by atoms with Gasteiger partial charge in [0.2, 0.25) is 5.91 Å². The predicted octanol–water partition coefficient (Wildman–Crippen LogP) is 0.894. The fourth-order valence-corrected chi connectivity index (χ4v) is 4.60. The lowest BCUT2D eigenvalue weighted by molar-refractivity contribution is -0.130. The smallest absolute Gasteiger partial charge is 0.262 e. The number of para-hydroxylation sites is 1. The van der Waals surface area contributed by atoms with Crippen LogP contribution in [0.4, 0.5) is 0 Å². The minimum absolute atomic E-state index is 0.0309. The van der Waals surface area contributed by atoms with Crippen LogP contribution in [0.5, 0.6) is 5.75 Å². The molecule has 0 saturated carbocycles. The van der Waals surface area contributed by atoms with Gasteiger partial charge in [0.25, 0.3) is 10.0 Å². The molecule has 3 rings (SSSR count). The molecule has 8 nitrogen and oxygen atoms in total. The Hall–Kier alpha value is -2.39. The molecular weight excluding hydrogens is 368 g/mol. The SMILES string of the molecule is COc1ccccc1CC(=O)N1CCCN(S(=O)(=O)c2cn(C)cn2)CC1. The summed E-state index contributed by atoms with van der Waals surface area (Å²) in [6, 6.07) is 7.42. The summed E-state index contributed by atoms with van der Waals surface area (Å²) in [5.74, 6) is 0.650. The minimum atomic E-state index is -3.64. The number of rotatable bonds is 5. The van der Waals surface area contributed by atoms with Crippen LogP contribution >= 0.6 is 0 Å². The van der Waals surface area contributed by atoms with E-state index in [9.17, 15) is 13.2 Å². The second-order valence-corrected chi connectivity index (χ2v) is 8.39. The highest BCUT2D eigenvalue weighted by Gasteiger charge is 2.29. The zero-order chi connectivity index (χ0) is 19.4. The van der Waals surface area contributed by atoms with Gasteiger partial charge in [0, 0.05) is 45.0 Å². The molecule has 0 radical (unpaired) electrons. The van der Waals surface area contributed by atoms with Gasteiger partial charge in [-0.3, -0.25) is 4.79 Å². The Kier molecular flexibility index (Phi) is 5.81. The molecule has 1 aromatic carbocycles. The van der Waals surface area contributed by atoms with Gasteiger partial charge in [-0.2, -0.15) is 4.31 Å². The van der Waals surface area contributed by atoms with Crippen molar-refractivity contribution in [2.45, 2.75) is 17.9 Å². The van der Waals surface area contributed by atoms with Gasteiger partial charge in [0.15, 0.2) is 5.03 Å². The van der Waals surface area contributed by atoms with Gasteiger partial charge < -0.3 is 14.2 Å². The van der Waals surface area contributed by atoms with Crippen molar-refractivity contribution in [3.8, 4) is 5.75 Å². The Bertz CT molecular complexity index is 910. The first kappa shape index (κ1) is 19.4. The number of nitrogens with zero attached hydrogens (tertiary/aromatic N) is 4. The van der Waals surface area contributed by atoms with Gasteiger partial charge in [-0.05, 0) is 12.5 Å². The van der Waals surface area contributed by atoms with E-state index in [-0.39, 0.29) is 23.9 Å². The average molecular weight is 392 g/mol. The Morgan fingerprint density at radius 3 is 2.67 bits per heavy atom. The van der Waals surface area contributed by atoms with E-state index >= 15 is 0 Å². The monoisotopic (exact) mass is 392 g/mol. The first-order chi connectivity index (χ1) is 12.9. The van der Waals surface area contributed by atoms with E-state index in [0.717, 1.165) is 5.56 Å². The molecule has 1 aliphatic rings. The molecule has 1 aliphatic heterocycles. The zero-order valence-electron chi connectivity index (χ0n) is 15.5. The number of aromatic nitrogens is 2. The van der Waals surface area contributed by atoms with Crippen LogP contribution in [0.3, 0.4) is 0 Å². The number of methoxy groups -OCH3 is 1. The summed E-state index contributed by atoms with van der Waals surface area (Å²) in [7, 11) is -0.332. The average Bonchev–Trinajstić information content (AvgIpc) is 2.94. The Labute approximate surface area is 159 Å². The summed E-state index contributed by atoms with van der Waals surface area (Å²) in [5.41, 5.74) is 0.826. The molecule has 0 spiro atoms. The molecule has 9 heteroatoms. The number of amides is 1. The van der Waals surface area contributed by atoms with E-state index in [1.807, 2.05) is 24.3 Å². The molecule has 1 fully saturated rings. The first-order valence-corrected chi connectivity index (χ1v) is 10.2. The fraction of sp³-hybridized carbons (Fsp3) is 0.444. The van der Waals surface area contributed by atoms with Crippen LogP contribution in [-0.2, 0) is 28.3 Å². The first-order valence-electron chi connectivity index (χ1n) is 8.79. The summed E-state index contributed by atoms with van der Waals surface area (Å²) in [5, 5.41) is 0.0406. The number of sulfonamides is 1. The summed E-state index contributed by atoms with van der Waals surface area (Å²) in [4.78, 5) is 18.4. The molecule has 27 heavy (non-hydrogen) atoms. The standard InChI is InChI=1S/C18H24N4O4S/c1-20-13-17(19-14-20)27(24,25)22-9-5-8-21(10-11-22)18(23)12-15-6-3-4-7-16(15)26-2/h3-4,6-7,13-14H,5,8-12H2,1-2H3. The summed E-state index contributed by atoms with van der Waals surface area (Å²) < 4.78 is 33.8. The van der Waals surface area contributed by atoms with Crippen molar-refractivity contribution in [1.82, 2.24) is 18.8 Å². The molecule has 0 bridgehead atoms. The van der Waals surface area contributed by atoms with E-state index in [4.69, 9.17) is 4.74 Å². The van der Waals surface area contributed by atoms with Gasteiger partial charge in [-0.1, -0.05) is 18.2 Å². The van der Waals surface area contributed by atoms with Crippen molar-refractivity contribution in [3.05, 3.63) is 42.4 Å². The van der Waals surface area contributed by atoms with Gasteiger partial charge in [0.05, 0.1) is 19.9 Å². The van der Waals surface area contributed by atoms with E-state index in [0.29, 0.717) is 31.8 Å². The summed E-state index contributed by atoms with van der Waals surface area (Å²) >= 11 is 0. The largest absolute Gasteiger partial charge is 0.496 e. The second-order valence-electron chi connectivity index (χ2n) is 6.50. The van der Waals surface area contributed by atoms with Crippen LogP contribution in [0.15, 0.2) is 41.8 Å². The maximum Gasteiger partial charge on any atom is 0.262 e. The van der Waals surface area contributed by atoms with Crippen molar-refractivity contribution in [2.75, 3.05) is 33.3 Å². The fourth-order valence-electron chi connectivity index (χ4n) is 3.16. The van der Waals surface area contributed by atoms with Crippen molar-refractivity contribution < 1.29 is 17.9 Å². The molecule has 0 N–H and O–H groups in total. The highest BCUT2D eigenvalue weighted by atomic mass is 32.2. The molecule has 1 aromatic heterocycles. The van der Waals surface area contributed by atoms with E-state index in [2.05, 4.69) is 4.98 Å². The van der Waals surface area contributed by atoms with Crippen LogP contribution < -0.4 is 4.74 Å². The lowest BCUT2D eigenvalue weighted by atomic mass is 10.1. The molecule has 2 heterocycles. The van der Waals surface area contributed by atoms with Crippen LogP contribution in [0.25, 0.3) is 0 Å². The van der Waals surface area contributed by atoms with E-state index in [1.165, 1.54) is 16.8 Å². The summed E-state index contributed by atoms with van der Waals surface area (Å²) in [6.45, 7) is 1.52. The van der Waals surface area contributed by atoms with E-state index in [1.54, 1.807) is 23.6 Å². The number of benzene rings is 1. The molecule has 0 aliphatic carbocycles. The quantitative estimate of drug-likeness (QED) is 0.755. The third-order valence-corrected chi connectivity index (χ3v) is 6.41. The third kappa shape index (κ3) is 4.30. The zero-order valence-corrected chi connectivity index (χ0v) is 16.4. The predicted molar refractivity (Wildman–Crippen MR) is 99.9 cm³/mol. The lowest BCUT2D eigenvalue weighted by Crippen LogP contribution is -2.38. The number of hydrogen-bond donors (Lipinski definition) is 0. The maximum atomic E-state index is 12.7. The normalized spacial score (nSPS) is 16.1. The molecule has 2 aromatic rings. The maximum absolute atomic E-state index is 12.7. The molecule has 1 saturated heterocycles. The second kappa shape index (κ2) is 8.10. The molecule has 0 atom stereocenters. The number of ether oxygens (including phenoxy) is 1. The Morgan fingerprint density at radius 1 is 1.19 bits per heavy atom. The van der Waals surface area contributed by atoms with E-state index < -0.39 is 10.0 Å². The van der Waals surface area contributed by atoms with Gasteiger partial charge >= 0.3 is 0 Å². The van der Waals surface area contributed by atoms with Crippen molar-refractivity contribution in [2.24, 2.45) is 7.05 Å². The van der Waals surface area contributed by atoms with Crippen LogP contribution in [0.1, 0.15) is 12.0 Å². The lowest BCUT2D eigenvalue weighted by Gasteiger charge is -2.22.